The molecule has 7 nitrogen and oxygen atoms in total. The zero-order valence-corrected chi connectivity index (χ0v) is 16.6. The molecule has 3 unspecified atom stereocenters. The van der Waals surface area contributed by atoms with Gasteiger partial charge in [0.15, 0.2) is 0 Å². The highest BCUT2D eigenvalue weighted by Gasteiger charge is 2.31. The third kappa shape index (κ3) is 5.81. The van der Waals surface area contributed by atoms with Crippen LogP contribution < -0.4 is 0 Å². The number of esters is 2. The fourth-order valence-electron chi connectivity index (χ4n) is 4.00. The molecule has 0 spiro atoms. The number of aliphatic hydroxyl groups excluding tert-OH is 1. The number of phenolic OH excluding ortho intramolecular Hbond substituents is 1. The number of ether oxygens (including phenoxy) is 3. The molecule has 2 bridgehead atoms. The molecule has 0 saturated carbocycles. The van der Waals surface area contributed by atoms with E-state index in [9.17, 15) is 19.8 Å². The van der Waals surface area contributed by atoms with Gasteiger partial charge in [-0.05, 0) is 50.2 Å². The molecular formula is C22H28O7. The van der Waals surface area contributed by atoms with Gasteiger partial charge in [0.25, 0.3) is 0 Å². The van der Waals surface area contributed by atoms with Crippen LogP contribution >= 0.6 is 0 Å². The summed E-state index contributed by atoms with van der Waals surface area (Å²) in [6.45, 7) is 0. The second-order valence-electron chi connectivity index (χ2n) is 7.62. The third-order valence-corrected chi connectivity index (χ3v) is 5.46. The van der Waals surface area contributed by atoms with E-state index in [1.165, 1.54) is 19.3 Å². The van der Waals surface area contributed by atoms with Crippen molar-refractivity contribution in [2.75, 3.05) is 7.11 Å². The van der Waals surface area contributed by atoms with Crippen LogP contribution in [-0.4, -0.2) is 53.7 Å². The lowest BCUT2D eigenvalue weighted by atomic mass is 9.92. The number of carbonyl (C=O) groups excluding carboxylic acids is 2. The molecule has 2 N–H and O–H groups in total. The van der Waals surface area contributed by atoms with E-state index in [1.54, 1.807) is 18.2 Å². The molecule has 0 aromatic heterocycles. The number of fused-ring (bicyclic) bond motifs is 3. The van der Waals surface area contributed by atoms with Crippen LogP contribution in [0.2, 0.25) is 0 Å². The molecular weight excluding hydrogens is 376 g/mol. The van der Waals surface area contributed by atoms with Gasteiger partial charge in [-0.2, -0.15) is 0 Å². The topological polar surface area (TPSA) is 102 Å². The van der Waals surface area contributed by atoms with E-state index < -0.39 is 24.1 Å². The second kappa shape index (κ2) is 9.89. The number of cyclic esters (lactones) is 1. The van der Waals surface area contributed by atoms with E-state index in [4.69, 9.17) is 9.47 Å². The Morgan fingerprint density at radius 1 is 1.24 bits per heavy atom. The minimum atomic E-state index is -0.568. The average molecular weight is 404 g/mol. The maximum atomic E-state index is 12.8. The summed E-state index contributed by atoms with van der Waals surface area (Å²) in [7, 11) is 1.30. The van der Waals surface area contributed by atoms with E-state index >= 15 is 0 Å². The van der Waals surface area contributed by atoms with Crippen LogP contribution in [0.15, 0.2) is 30.4 Å². The minimum Gasteiger partial charge on any atom is -0.507 e. The van der Waals surface area contributed by atoms with Gasteiger partial charge < -0.3 is 24.4 Å². The lowest BCUT2D eigenvalue weighted by Gasteiger charge is -2.34. The van der Waals surface area contributed by atoms with E-state index in [2.05, 4.69) is 4.74 Å². The van der Waals surface area contributed by atoms with Crippen molar-refractivity contribution in [1.82, 2.24) is 0 Å². The number of hydrogen-bond acceptors (Lipinski definition) is 7. The van der Waals surface area contributed by atoms with Crippen LogP contribution in [0.4, 0.5) is 0 Å². The Labute approximate surface area is 170 Å². The first-order valence-electron chi connectivity index (χ1n) is 10.1. The lowest BCUT2D eigenvalue weighted by molar-refractivity contribution is -0.134. The van der Waals surface area contributed by atoms with Crippen molar-refractivity contribution in [2.24, 2.45) is 0 Å². The first-order chi connectivity index (χ1) is 14.0. The Bertz CT molecular complexity index is 758. The average Bonchev–Trinajstić information content (AvgIpc) is 2.69. The number of phenols is 1. The number of methoxy groups -OCH3 is 1. The summed E-state index contributed by atoms with van der Waals surface area (Å²) in [5.74, 6) is -1.16. The van der Waals surface area contributed by atoms with Gasteiger partial charge in [0, 0.05) is 12.5 Å². The molecule has 1 fully saturated rings. The van der Waals surface area contributed by atoms with Crippen molar-refractivity contribution in [3.05, 3.63) is 41.5 Å². The molecule has 158 valence electrons. The van der Waals surface area contributed by atoms with Crippen LogP contribution in [0.25, 0.3) is 0 Å². The largest absolute Gasteiger partial charge is 0.507 e. The Hall–Kier alpha value is -2.38. The third-order valence-electron chi connectivity index (χ3n) is 5.46. The quantitative estimate of drug-likeness (QED) is 0.590. The molecule has 2 aliphatic heterocycles. The fourth-order valence-corrected chi connectivity index (χ4v) is 4.00. The number of benzene rings is 1. The van der Waals surface area contributed by atoms with Crippen LogP contribution in [0.3, 0.4) is 0 Å². The summed E-state index contributed by atoms with van der Waals surface area (Å²) in [5.41, 5.74) is 0.863. The zero-order chi connectivity index (χ0) is 20.8. The Morgan fingerprint density at radius 3 is 2.76 bits per heavy atom. The van der Waals surface area contributed by atoms with Gasteiger partial charge in [-0.3, -0.25) is 0 Å². The van der Waals surface area contributed by atoms with Crippen LogP contribution in [0, 0.1) is 0 Å². The molecule has 29 heavy (non-hydrogen) atoms. The van der Waals surface area contributed by atoms with Gasteiger partial charge >= 0.3 is 11.9 Å². The summed E-state index contributed by atoms with van der Waals surface area (Å²) in [4.78, 5) is 24.1. The lowest BCUT2D eigenvalue weighted by Crippen LogP contribution is -2.37. The SMILES string of the molecule is COC(=O)/C=C/CC1CC[C@H]2CC(O)CC(CCc3cccc(O)c3C(=O)O1)O2. The number of aryl methyl sites for hydroxylation is 1. The van der Waals surface area contributed by atoms with E-state index in [0.29, 0.717) is 50.5 Å². The Kier molecular flexibility index (Phi) is 7.28. The normalized spacial score (nSPS) is 28.0. The molecule has 0 aliphatic carbocycles. The molecule has 1 saturated heterocycles. The smallest absolute Gasteiger partial charge is 0.342 e. The molecule has 0 amide bonds. The molecule has 2 heterocycles. The van der Waals surface area contributed by atoms with Crippen molar-refractivity contribution in [1.29, 1.82) is 0 Å². The summed E-state index contributed by atoms with van der Waals surface area (Å²) < 4.78 is 16.4. The summed E-state index contributed by atoms with van der Waals surface area (Å²) in [5, 5.41) is 20.5. The highest BCUT2D eigenvalue weighted by Crippen LogP contribution is 2.30. The zero-order valence-electron chi connectivity index (χ0n) is 16.6. The summed E-state index contributed by atoms with van der Waals surface area (Å²) in [6.07, 6.45) is 5.63. The van der Waals surface area contributed by atoms with Crippen molar-refractivity contribution in [3.8, 4) is 5.75 Å². The number of carbonyl (C=O) groups is 2. The molecule has 1 aromatic carbocycles. The molecule has 7 heteroatoms. The van der Waals surface area contributed by atoms with Crippen LogP contribution in [-0.2, 0) is 25.4 Å². The highest BCUT2D eigenvalue weighted by atomic mass is 16.5. The molecule has 2 aliphatic rings. The predicted octanol–water partition coefficient (Wildman–Crippen LogP) is 2.67. The van der Waals surface area contributed by atoms with Gasteiger partial charge in [-0.25, -0.2) is 9.59 Å². The van der Waals surface area contributed by atoms with Crippen molar-refractivity contribution >= 4 is 11.9 Å². The van der Waals surface area contributed by atoms with Crippen LogP contribution in [0.5, 0.6) is 5.75 Å². The monoisotopic (exact) mass is 404 g/mol. The van der Waals surface area contributed by atoms with Crippen molar-refractivity contribution in [2.45, 2.75) is 69.4 Å². The standard InChI is InChI=1S/C22H28O7/c1-27-20(25)7-3-5-16-10-11-18-13-15(23)12-17(28-18)9-8-14-4-2-6-19(24)21(14)22(26)29-16/h2-4,6-7,15-18,23-24H,5,8-13H2,1H3/b7-3+/t15?,16?,17?,18-/m0/s1. The fraction of sp³-hybridized carbons (Fsp3) is 0.545. The van der Waals surface area contributed by atoms with Crippen LogP contribution in [0.1, 0.15) is 54.4 Å². The Morgan fingerprint density at radius 2 is 2.00 bits per heavy atom. The summed E-state index contributed by atoms with van der Waals surface area (Å²) >= 11 is 0. The summed E-state index contributed by atoms with van der Waals surface area (Å²) in [6, 6.07) is 4.96. The molecule has 1 aromatic rings. The first kappa shape index (κ1) is 21.3. The molecule has 0 radical (unpaired) electrons. The van der Waals surface area contributed by atoms with Gasteiger partial charge in [0.1, 0.15) is 17.4 Å². The van der Waals surface area contributed by atoms with E-state index in [-0.39, 0.29) is 23.5 Å². The second-order valence-corrected chi connectivity index (χ2v) is 7.62. The van der Waals surface area contributed by atoms with Gasteiger partial charge in [-0.15, -0.1) is 0 Å². The maximum Gasteiger partial charge on any atom is 0.342 e. The first-order valence-corrected chi connectivity index (χ1v) is 10.1. The van der Waals surface area contributed by atoms with Crippen molar-refractivity contribution < 1.29 is 34.0 Å². The predicted molar refractivity (Wildman–Crippen MR) is 105 cm³/mol. The van der Waals surface area contributed by atoms with E-state index in [1.807, 2.05) is 0 Å². The number of aliphatic hydroxyl groups is 1. The number of rotatable bonds is 3. The highest BCUT2D eigenvalue weighted by molar-refractivity contribution is 5.94. The van der Waals surface area contributed by atoms with Gasteiger partial charge in [0.2, 0.25) is 0 Å². The van der Waals surface area contributed by atoms with Gasteiger partial charge in [0.05, 0.1) is 25.4 Å². The molecule has 4 atom stereocenters. The number of aromatic hydroxyl groups is 1. The van der Waals surface area contributed by atoms with E-state index in [0.717, 1.165) is 0 Å². The maximum absolute atomic E-state index is 12.8. The minimum absolute atomic E-state index is 0.0907. The van der Waals surface area contributed by atoms with Crippen molar-refractivity contribution in [3.63, 3.8) is 0 Å². The Balaban J connectivity index is 1.84. The number of hydrogen-bond donors (Lipinski definition) is 2. The van der Waals surface area contributed by atoms with Gasteiger partial charge in [-0.1, -0.05) is 18.2 Å². The molecule has 3 rings (SSSR count).